The maximum absolute atomic E-state index is 5.95. The Morgan fingerprint density at radius 3 is 2.62 bits per heavy atom. The molecule has 3 heteroatoms. The molecular weight excluding hydrogens is 320 g/mol. The van der Waals surface area contributed by atoms with Crippen LogP contribution in [0.25, 0.3) is 39.0 Å². The van der Waals surface area contributed by atoms with Crippen LogP contribution in [0.5, 0.6) is 0 Å². The quantitative estimate of drug-likeness (QED) is 0.404. The third kappa shape index (κ3) is 2.25. The number of aryl methyl sites for hydroxylation is 1. The molecule has 0 spiro atoms. The smallest absolute Gasteiger partial charge is 0.144 e. The van der Waals surface area contributed by atoms with E-state index >= 15 is 0 Å². The monoisotopic (exact) mass is 338 g/mol. The van der Waals surface area contributed by atoms with Crippen molar-refractivity contribution in [1.82, 2.24) is 9.55 Å². The summed E-state index contributed by atoms with van der Waals surface area (Å²) in [7, 11) is 0. The van der Waals surface area contributed by atoms with Gasteiger partial charge in [-0.1, -0.05) is 43.3 Å². The van der Waals surface area contributed by atoms with Crippen molar-refractivity contribution in [2.24, 2.45) is 0 Å². The van der Waals surface area contributed by atoms with E-state index < -0.39 is 0 Å². The Bertz CT molecular complexity index is 1230. The van der Waals surface area contributed by atoms with Gasteiger partial charge in [-0.05, 0) is 42.3 Å². The van der Waals surface area contributed by atoms with E-state index in [9.17, 15) is 0 Å². The zero-order valence-electron chi connectivity index (χ0n) is 14.5. The van der Waals surface area contributed by atoms with Gasteiger partial charge >= 0.3 is 0 Å². The highest BCUT2D eigenvalue weighted by Crippen LogP contribution is 2.32. The van der Waals surface area contributed by atoms with E-state index in [-0.39, 0.29) is 0 Å². The van der Waals surface area contributed by atoms with Crippen LogP contribution in [-0.2, 0) is 6.42 Å². The van der Waals surface area contributed by atoms with Gasteiger partial charge in [0.2, 0.25) is 0 Å². The molecule has 0 aliphatic heterocycles. The average Bonchev–Trinajstić information content (AvgIpc) is 3.32. The topological polar surface area (TPSA) is 31.0 Å². The molecular formula is C23H18N2O. The minimum absolute atomic E-state index is 0.905. The summed E-state index contributed by atoms with van der Waals surface area (Å²) in [5.74, 6) is 0.943. The molecule has 0 aliphatic rings. The van der Waals surface area contributed by atoms with Crippen LogP contribution in [-0.4, -0.2) is 9.55 Å². The SMILES string of the molecule is CCc1ccccc1-n1ccnc1-c1ccc2oc3ccccc3c2c1. The van der Waals surface area contributed by atoms with Crippen molar-refractivity contribution in [3.8, 4) is 17.1 Å². The molecule has 0 bridgehead atoms. The molecule has 0 saturated heterocycles. The Kier molecular flexibility index (Phi) is 3.39. The molecule has 126 valence electrons. The van der Waals surface area contributed by atoms with Crippen molar-refractivity contribution in [3.05, 3.63) is 84.7 Å². The number of para-hydroxylation sites is 2. The van der Waals surface area contributed by atoms with Gasteiger partial charge in [0.05, 0.1) is 5.69 Å². The van der Waals surface area contributed by atoms with Crippen LogP contribution in [0.3, 0.4) is 0 Å². The maximum atomic E-state index is 5.95. The summed E-state index contributed by atoms with van der Waals surface area (Å²) < 4.78 is 8.12. The number of hydrogen-bond acceptors (Lipinski definition) is 2. The molecule has 26 heavy (non-hydrogen) atoms. The first-order valence-electron chi connectivity index (χ1n) is 8.88. The molecule has 0 N–H and O–H groups in total. The molecule has 0 aliphatic carbocycles. The van der Waals surface area contributed by atoms with Gasteiger partial charge in [-0.2, -0.15) is 0 Å². The van der Waals surface area contributed by atoms with Crippen molar-refractivity contribution in [1.29, 1.82) is 0 Å². The van der Waals surface area contributed by atoms with Gasteiger partial charge < -0.3 is 4.42 Å². The highest BCUT2D eigenvalue weighted by molar-refractivity contribution is 6.06. The van der Waals surface area contributed by atoms with Gasteiger partial charge in [-0.25, -0.2) is 4.98 Å². The van der Waals surface area contributed by atoms with Crippen molar-refractivity contribution < 1.29 is 4.42 Å². The van der Waals surface area contributed by atoms with Gasteiger partial charge in [0.25, 0.3) is 0 Å². The van der Waals surface area contributed by atoms with E-state index in [1.54, 1.807) is 0 Å². The Hall–Kier alpha value is -3.33. The van der Waals surface area contributed by atoms with E-state index in [4.69, 9.17) is 4.42 Å². The van der Waals surface area contributed by atoms with E-state index in [2.05, 4.69) is 58.9 Å². The van der Waals surface area contributed by atoms with E-state index in [0.717, 1.165) is 39.7 Å². The van der Waals surface area contributed by atoms with Gasteiger partial charge in [0.15, 0.2) is 0 Å². The van der Waals surface area contributed by atoms with Crippen LogP contribution >= 0.6 is 0 Å². The Morgan fingerprint density at radius 1 is 0.885 bits per heavy atom. The first kappa shape index (κ1) is 15.0. The fourth-order valence-electron chi connectivity index (χ4n) is 3.62. The Balaban J connectivity index is 1.72. The summed E-state index contributed by atoms with van der Waals surface area (Å²) in [4.78, 5) is 4.64. The van der Waals surface area contributed by atoms with E-state index in [1.807, 2.05) is 36.7 Å². The van der Waals surface area contributed by atoms with Crippen LogP contribution in [0.1, 0.15) is 12.5 Å². The lowest BCUT2D eigenvalue weighted by Gasteiger charge is -2.12. The lowest BCUT2D eigenvalue weighted by Crippen LogP contribution is -2.00. The summed E-state index contributed by atoms with van der Waals surface area (Å²) in [5, 5.41) is 2.26. The molecule has 2 aromatic heterocycles. The minimum atomic E-state index is 0.905. The molecule has 0 radical (unpaired) electrons. The number of fused-ring (bicyclic) bond motifs is 3. The Morgan fingerprint density at radius 2 is 1.69 bits per heavy atom. The number of benzene rings is 3. The van der Waals surface area contributed by atoms with Crippen molar-refractivity contribution in [3.63, 3.8) is 0 Å². The minimum Gasteiger partial charge on any atom is -0.456 e. The van der Waals surface area contributed by atoms with Gasteiger partial charge in [0, 0.05) is 28.7 Å². The molecule has 5 aromatic rings. The molecule has 0 atom stereocenters. The summed E-state index contributed by atoms with van der Waals surface area (Å²) in [5.41, 5.74) is 5.39. The molecule has 0 unspecified atom stereocenters. The fourth-order valence-corrected chi connectivity index (χ4v) is 3.62. The normalized spacial score (nSPS) is 11.4. The third-order valence-electron chi connectivity index (χ3n) is 4.91. The second-order valence-electron chi connectivity index (χ2n) is 6.41. The number of imidazole rings is 1. The van der Waals surface area contributed by atoms with E-state index in [0.29, 0.717) is 0 Å². The van der Waals surface area contributed by atoms with E-state index in [1.165, 1.54) is 11.3 Å². The molecule has 2 heterocycles. The Labute approximate surface area is 151 Å². The largest absolute Gasteiger partial charge is 0.456 e. The summed E-state index contributed by atoms with van der Waals surface area (Å²) in [6.07, 6.45) is 4.88. The zero-order chi connectivity index (χ0) is 17.5. The zero-order valence-corrected chi connectivity index (χ0v) is 14.5. The molecule has 3 aromatic carbocycles. The predicted molar refractivity (Wildman–Crippen MR) is 106 cm³/mol. The standard InChI is InChI=1S/C23H18N2O/c1-2-16-7-3-5-9-20(16)25-14-13-24-23(25)17-11-12-22-19(15-17)18-8-4-6-10-21(18)26-22/h3-15H,2H2,1H3. The van der Waals surface area contributed by atoms with Gasteiger partial charge in [0.1, 0.15) is 17.0 Å². The number of hydrogen-bond donors (Lipinski definition) is 0. The molecule has 0 fully saturated rings. The number of nitrogens with zero attached hydrogens (tertiary/aromatic N) is 2. The van der Waals surface area contributed by atoms with Crippen LogP contribution < -0.4 is 0 Å². The average molecular weight is 338 g/mol. The maximum Gasteiger partial charge on any atom is 0.144 e. The fraction of sp³-hybridized carbons (Fsp3) is 0.0870. The number of rotatable bonds is 3. The summed E-state index contributed by atoms with van der Waals surface area (Å²) in [6.45, 7) is 2.18. The van der Waals surface area contributed by atoms with Crippen LogP contribution in [0.15, 0.2) is 83.5 Å². The van der Waals surface area contributed by atoms with Gasteiger partial charge in [-0.3, -0.25) is 4.57 Å². The first-order chi connectivity index (χ1) is 12.8. The number of aromatic nitrogens is 2. The van der Waals surface area contributed by atoms with Crippen LogP contribution in [0.2, 0.25) is 0 Å². The molecule has 3 nitrogen and oxygen atoms in total. The molecule has 0 amide bonds. The summed E-state index contributed by atoms with van der Waals surface area (Å²) in [6, 6.07) is 22.9. The predicted octanol–water partition coefficient (Wildman–Crippen LogP) is 6.00. The van der Waals surface area contributed by atoms with Crippen molar-refractivity contribution in [2.75, 3.05) is 0 Å². The van der Waals surface area contributed by atoms with Crippen molar-refractivity contribution >= 4 is 21.9 Å². The first-order valence-corrected chi connectivity index (χ1v) is 8.88. The second-order valence-corrected chi connectivity index (χ2v) is 6.41. The molecule has 5 rings (SSSR count). The summed E-state index contributed by atoms with van der Waals surface area (Å²) >= 11 is 0. The lowest BCUT2D eigenvalue weighted by molar-refractivity contribution is 0.669. The van der Waals surface area contributed by atoms with Crippen molar-refractivity contribution in [2.45, 2.75) is 13.3 Å². The van der Waals surface area contributed by atoms with Crippen LogP contribution in [0.4, 0.5) is 0 Å². The second kappa shape index (κ2) is 5.88. The lowest BCUT2D eigenvalue weighted by atomic mass is 10.1. The number of furan rings is 1. The highest BCUT2D eigenvalue weighted by Gasteiger charge is 2.13. The van der Waals surface area contributed by atoms with Gasteiger partial charge in [-0.15, -0.1) is 0 Å². The highest BCUT2D eigenvalue weighted by atomic mass is 16.3. The third-order valence-corrected chi connectivity index (χ3v) is 4.91. The van der Waals surface area contributed by atoms with Crippen LogP contribution in [0, 0.1) is 0 Å². The molecule has 0 saturated carbocycles.